The molecule has 1 aliphatic heterocycles. The van der Waals surface area contributed by atoms with Gasteiger partial charge in [-0.3, -0.25) is 9.69 Å². The molecule has 1 atom stereocenters. The third kappa shape index (κ3) is 3.64. The lowest BCUT2D eigenvalue weighted by molar-refractivity contribution is -0.127. The van der Waals surface area contributed by atoms with Crippen LogP contribution in [0.15, 0.2) is 24.3 Å². The predicted octanol–water partition coefficient (Wildman–Crippen LogP) is 2.52. The molecule has 2 aliphatic rings. The van der Waals surface area contributed by atoms with E-state index >= 15 is 0 Å². The van der Waals surface area contributed by atoms with E-state index in [4.69, 9.17) is 4.74 Å². The summed E-state index contributed by atoms with van der Waals surface area (Å²) in [5, 5.41) is 12.9. The van der Waals surface area contributed by atoms with Crippen molar-refractivity contribution in [2.45, 2.75) is 38.2 Å². The van der Waals surface area contributed by atoms with Crippen molar-refractivity contribution in [1.29, 1.82) is 0 Å². The molecule has 0 radical (unpaired) electrons. The standard InChI is InChI=1S/C17H22N2O4/c20-15(12-4-2-1-3-5-12)16(21)18-13-6-8-14(9-7-13)19-10-11-23-17(19)22/h6-9,12,15,20H,1-5,10-11H2,(H,18,21). The highest BCUT2D eigenvalue weighted by Gasteiger charge is 2.27. The van der Waals surface area contributed by atoms with Gasteiger partial charge in [-0.25, -0.2) is 4.79 Å². The van der Waals surface area contributed by atoms with E-state index in [1.165, 1.54) is 6.42 Å². The fourth-order valence-electron chi connectivity index (χ4n) is 3.23. The van der Waals surface area contributed by atoms with Crippen LogP contribution in [-0.2, 0) is 9.53 Å². The van der Waals surface area contributed by atoms with Gasteiger partial charge in [-0.2, -0.15) is 0 Å². The van der Waals surface area contributed by atoms with Crippen LogP contribution in [0.2, 0.25) is 0 Å². The van der Waals surface area contributed by atoms with E-state index in [0.717, 1.165) is 31.4 Å². The molecule has 2 fully saturated rings. The maximum absolute atomic E-state index is 12.2. The molecule has 124 valence electrons. The number of cyclic esters (lactones) is 1. The van der Waals surface area contributed by atoms with Crippen LogP contribution in [0, 0.1) is 5.92 Å². The first kappa shape index (κ1) is 15.8. The molecule has 1 aliphatic carbocycles. The van der Waals surface area contributed by atoms with Crippen molar-refractivity contribution in [1.82, 2.24) is 0 Å². The van der Waals surface area contributed by atoms with Crippen LogP contribution in [0.4, 0.5) is 16.2 Å². The summed E-state index contributed by atoms with van der Waals surface area (Å²) >= 11 is 0. The topological polar surface area (TPSA) is 78.9 Å². The first-order valence-corrected chi connectivity index (χ1v) is 8.18. The van der Waals surface area contributed by atoms with Gasteiger partial charge in [0.1, 0.15) is 12.7 Å². The van der Waals surface area contributed by atoms with Crippen molar-refractivity contribution in [3.63, 3.8) is 0 Å². The van der Waals surface area contributed by atoms with Crippen LogP contribution in [-0.4, -0.2) is 36.4 Å². The third-order valence-corrected chi connectivity index (χ3v) is 4.57. The molecule has 1 saturated heterocycles. The number of carbonyl (C=O) groups is 2. The number of benzene rings is 1. The molecule has 0 aromatic heterocycles. The second-order valence-corrected chi connectivity index (χ2v) is 6.15. The van der Waals surface area contributed by atoms with Gasteiger partial charge in [-0.05, 0) is 43.0 Å². The van der Waals surface area contributed by atoms with Crippen molar-refractivity contribution < 1.29 is 19.4 Å². The normalized spacial score (nSPS) is 20.2. The summed E-state index contributed by atoms with van der Waals surface area (Å²) in [7, 11) is 0. The molecule has 23 heavy (non-hydrogen) atoms. The van der Waals surface area contributed by atoms with Gasteiger partial charge in [0.25, 0.3) is 5.91 Å². The minimum absolute atomic E-state index is 0.0578. The lowest BCUT2D eigenvalue weighted by Gasteiger charge is -2.25. The molecule has 1 heterocycles. The average molecular weight is 318 g/mol. The Bertz CT molecular complexity index is 566. The zero-order valence-corrected chi connectivity index (χ0v) is 13.0. The van der Waals surface area contributed by atoms with Crippen molar-refractivity contribution in [2.75, 3.05) is 23.4 Å². The summed E-state index contributed by atoms with van der Waals surface area (Å²) in [4.78, 5) is 25.2. The van der Waals surface area contributed by atoms with E-state index in [-0.39, 0.29) is 17.9 Å². The van der Waals surface area contributed by atoms with Gasteiger partial charge < -0.3 is 15.2 Å². The quantitative estimate of drug-likeness (QED) is 0.894. The monoisotopic (exact) mass is 318 g/mol. The van der Waals surface area contributed by atoms with E-state index in [9.17, 15) is 14.7 Å². The van der Waals surface area contributed by atoms with E-state index in [2.05, 4.69) is 5.32 Å². The minimum atomic E-state index is -0.955. The van der Waals surface area contributed by atoms with Crippen LogP contribution < -0.4 is 10.2 Å². The SMILES string of the molecule is O=C(Nc1ccc(N2CCOC2=O)cc1)C(O)C1CCCCC1. The van der Waals surface area contributed by atoms with E-state index in [0.29, 0.717) is 18.8 Å². The number of hydrogen-bond donors (Lipinski definition) is 2. The van der Waals surface area contributed by atoms with E-state index < -0.39 is 6.10 Å². The van der Waals surface area contributed by atoms with Crippen molar-refractivity contribution >= 4 is 23.4 Å². The molecule has 1 unspecified atom stereocenters. The number of hydrogen-bond acceptors (Lipinski definition) is 4. The Balaban J connectivity index is 1.59. The Kier molecular flexibility index (Phi) is 4.81. The van der Waals surface area contributed by atoms with E-state index in [1.54, 1.807) is 29.2 Å². The maximum atomic E-state index is 12.2. The molecule has 6 nitrogen and oxygen atoms in total. The number of nitrogens with one attached hydrogen (secondary N) is 1. The molecule has 2 N–H and O–H groups in total. The highest BCUT2D eigenvalue weighted by Crippen LogP contribution is 2.27. The molecule has 1 aromatic rings. The molecule has 3 rings (SSSR count). The van der Waals surface area contributed by atoms with Crippen LogP contribution in [0.1, 0.15) is 32.1 Å². The maximum Gasteiger partial charge on any atom is 0.414 e. The van der Waals surface area contributed by atoms with Gasteiger partial charge in [-0.15, -0.1) is 0 Å². The summed E-state index contributed by atoms with van der Waals surface area (Å²) in [5.41, 5.74) is 1.35. The summed E-state index contributed by atoms with van der Waals surface area (Å²) in [5.74, 6) is -0.298. The van der Waals surface area contributed by atoms with Gasteiger partial charge in [0.15, 0.2) is 0 Å². The van der Waals surface area contributed by atoms with Crippen LogP contribution in [0.5, 0.6) is 0 Å². The van der Waals surface area contributed by atoms with Crippen LogP contribution >= 0.6 is 0 Å². The number of carbonyl (C=O) groups excluding carboxylic acids is 2. The number of ether oxygens (including phenoxy) is 1. The molecular weight excluding hydrogens is 296 g/mol. The first-order chi connectivity index (χ1) is 11.1. The smallest absolute Gasteiger partial charge is 0.414 e. The Labute approximate surface area is 135 Å². The van der Waals surface area contributed by atoms with Gasteiger partial charge in [0.2, 0.25) is 0 Å². The zero-order chi connectivity index (χ0) is 16.2. The number of nitrogens with zero attached hydrogens (tertiary/aromatic N) is 1. The Hall–Kier alpha value is -2.08. The Morgan fingerprint density at radius 2 is 1.91 bits per heavy atom. The first-order valence-electron chi connectivity index (χ1n) is 8.18. The fraction of sp³-hybridized carbons (Fsp3) is 0.529. The van der Waals surface area contributed by atoms with Gasteiger partial charge in [0.05, 0.1) is 6.54 Å². The zero-order valence-electron chi connectivity index (χ0n) is 13.0. The van der Waals surface area contributed by atoms with Gasteiger partial charge >= 0.3 is 6.09 Å². The van der Waals surface area contributed by atoms with Crippen molar-refractivity contribution in [2.24, 2.45) is 5.92 Å². The molecule has 6 heteroatoms. The second kappa shape index (κ2) is 7.00. The number of rotatable bonds is 4. The minimum Gasteiger partial charge on any atom is -0.447 e. The molecule has 0 bridgehead atoms. The Morgan fingerprint density at radius 3 is 2.52 bits per heavy atom. The number of aliphatic hydroxyl groups excluding tert-OH is 1. The second-order valence-electron chi connectivity index (χ2n) is 6.15. The van der Waals surface area contributed by atoms with Crippen LogP contribution in [0.3, 0.4) is 0 Å². The molecule has 1 aromatic carbocycles. The molecule has 1 saturated carbocycles. The third-order valence-electron chi connectivity index (χ3n) is 4.57. The summed E-state index contributed by atoms with van der Waals surface area (Å²) in [6.45, 7) is 0.926. The predicted molar refractivity (Wildman–Crippen MR) is 86.3 cm³/mol. The van der Waals surface area contributed by atoms with Gasteiger partial charge in [0, 0.05) is 11.4 Å². The number of anilines is 2. The number of amides is 2. The summed E-state index contributed by atoms with van der Waals surface area (Å²) in [6.07, 6.45) is 3.85. The van der Waals surface area contributed by atoms with Crippen molar-refractivity contribution in [3.05, 3.63) is 24.3 Å². The van der Waals surface area contributed by atoms with Crippen molar-refractivity contribution in [3.8, 4) is 0 Å². The molecule has 0 spiro atoms. The van der Waals surface area contributed by atoms with Gasteiger partial charge in [-0.1, -0.05) is 19.3 Å². The number of aliphatic hydroxyl groups is 1. The van der Waals surface area contributed by atoms with Crippen LogP contribution in [0.25, 0.3) is 0 Å². The van der Waals surface area contributed by atoms with E-state index in [1.807, 2.05) is 0 Å². The lowest BCUT2D eigenvalue weighted by atomic mass is 9.85. The average Bonchev–Trinajstić information content (AvgIpc) is 3.01. The summed E-state index contributed by atoms with van der Waals surface area (Å²) < 4.78 is 4.90. The highest BCUT2D eigenvalue weighted by molar-refractivity contribution is 5.95. The summed E-state index contributed by atoms with van der Waals surface area (Å²) in [6, 6.07) is 6.98. The largest absolute Gasteiger partial charge is 0.447 e. The molecule has 2 amide bonds. The Morgan fingerprint density at radius 1 is 1.22 bits per heavy atom. The molecular formula is C17H22N2O4. The fourth-order valence-corrected chi connectivity index (χ4v) is 3.23. The highest BCUT2D eigenvalue weighted by atomic mass is 16.6. The lowest BCUT2D eigenvalue weighted by Crippen LogP contribution is -2.35.